The average Bonchev–Trinajstić information content (AvgIpc) is 2.81. The van der Waals surface area contributed by atoms with E-state index in [0.717, 1.165) is 12.0 Å². The molecule has 1 aliphatic carbocycles. The molecule has 1 saturated carbocycles. The van der Waals surface area contributed by atoms with Crippen LogP contribution in [-0.2, 0) is 6.42 Å². The molecular weight excluding hydrogens is 281 g/mol. The topological polar surface area (TPSA) is 0 Å². The lowest BCUT2D eigenvalue weighted by Gasteiger charge is -2.33. The van der Waals surface area contributed by atoms with Crippen LogP contribution in [0.5, 0.6) is 0 Å². The predicted molar refractivity (Wildman–Crippen MR) is 69.2 cm³/mol. The highest BCUT2D eigenvalue weighted by molar-refractivity contribution is 7.07. The van der Waals surface area contributed by atoms with Crippen LogP contribution in [-0.4, -0.2) is 11.6 Å². The Morgan fingerprint density at radius 2 is 2.17 bits per heavy atom. The van der Waals surface area contributed by atoms with Crippen LogP contribution < -0.4 is 0 Å². The smallest absolute Gasteiger partial charge is 0.171 e. The molecular formula is C13H16ClF3S. The van der Waals surface area contributed by atoms with Crippen LogP contribution >= 0.6 is 22.9 Å². The van der Waals surface area contributed by atoms with Crippen LogP contribution in [0.15, 0.2) is 16.8 Å². The van der Waals surface area contributed by atoms with E-state index in [2.05, 4.69) is 0 Å². The molecule has 1 aromatic heterocycles. The first-order valence-electron chi connectivity index (χ1n) is 6.18. The largest absolute Gasteiger partial charge is 0.391 e. The molecule has 18 heavy (non-hydrogen) atoms. The van der Waals surface area contributed by atoms with E-state index < -0.39 is 12.1 Å². The van der Waals surface area contributed by atoms with Crippen LogP contribution in [0.25, 0.3) is 0 Å². The lowest BCUT2D eigenvalue weighted by Crippen LogP contribution is -2.32. The Hall–Kier alpha value is -0.220. The Labute approximate surface area is 114 Å². The van der Waals surface area contributed by atoms with Crippen molar-refractivity contribution in [3.05, 3.63) is 22.4 Å². The van der Waals surface area contributed by atoms with E-state index in [0.29, 0.717) is 12.8 Å². The minimum absolute atomic E-state index is 0.00746. The summed E-state index contributed by atoms with van der Waals surface area (Å²) < 4.78 is 38.1. The summed E-state index contributed by atoms with van der Waals surface area (Å²) >= 11 is 7.90. The van der Waals surface area contributed by atoms with E-state index in [9.17, 15) is 13.2 Å². The van der Waals surface area contributed by atoms with E-state index in [-0.39, 0.29) is 24.1 Å². The Morgan fingerprint density at radius 1 is 1.39 bits per heavy atom. The zero-order chi connectivity index (χ0) is 13.2. The first-order valence-corrected chi connectivity index (χ1v) is 7.56. The average molecular weight is 297 g/mol. The molecule has 0 aromatic carbocycles. The van der Waals surface area contributed by atoms with Gasteiger partial charge in [0.25, 0.3) is 0 Å². The maximum atomic E-state index is 12.7. The Morgan fingerprint density at radius 3 is 2.78 bits per heavy atom. The van der Waals surface area contributed by atoms with Crippen molar-refractivity contribution in [2.24, 2.45) is 11.8 Å². The van der Waals surface area contributed by atoms with Crippen LogP contribution in [0.1, 0.15) is 31.2 Å². The molecule has 0 radical (unpaired) electrons. The summed E-state index contributed by atoms with van der Waals surface area (Å²) in [5.41, 5.74) is 1.13. The summed E-state index contributed by atoms with van der Waals surface area (Å²) in [6.45, 7) is 0. The third-order valence-electron chi connectivity index (χ3n) is 3.70. The Kier molecular flexibility index (Phi) is 4.59. The summed E-state index contributed by atoms with van der Waals surface area (Å²) in [6.07, 6.45) is -1.45. The summed E-state index contributed by atoms with van der Waals surface area (Å²) in [6, 6.07) is 1.99. The van der Waals surface area contributed by atoms with Crippen LogP contribution in [0.4, 0.5) is 13.2 Å². The molecule has 0 nitrogen and oxygen atoms in total. The Balaban J connectivity index is 1.92. The third-order valence-corrected chi connectivity index (χ3v) is 4.94. The van der Waals surface area contributed by atoms with Gasteiger partial charge in [0.15, 0.2) is 0 Å². The fraction of sp³-hybridized carbons (Fsp3) is 0.692. The van der Waals surface area contributed by atoms with Crippen molar-refractivity contribution >= 4 is 22.9 Å². The zero-order valence-corrected chi connectivity index (χ0v) is 11.5. The summed E-state index contributed by atoms with van der Waals surface area (Å²) in [7, 11) is 0. The second-order valence-corrected chi connectivity index (χ2v) is 6.36. The lowest BCUT2D eigenvalue weighted by molar-refractivity contribution is -0.185. The van der Waals surface area contributed by atoms with Crippen LogP contribution in [0, 0.1) is 11.8 Å². The van der Waals surface area contributed by atoms with Gasteiger partial charge in [-0.25, -0.2) is 0 Å². The number of thiophene rings is 1. The van der Waals surface area contributed by atoms with Crippen molar-refractivity contribution in [3.63, 3.8) is 0 Å². The van der Waals surface area contributed by atoms with Gasteiger partial charge in [-0.15, -0.1) is 11.6 Å². The molecule has 1 aliphatic rings. The summed E-state index contributed by atoms with van der Waals surface area (Å²) in [5, 5.41) is 3.81. The van der Waals surface area contributed by atoms with E-state index >= 15 is 0 Å². The highest BCUT2D eigenvalue weighted by Crippen LogP contribution is 2.42. The fourth-order valence-electron chi connectivity index (χ4n) is 2.65. The number of alkyl halides is 4. The van der Waals surface area contributed by atoms with Gasteiger partial charge in [0, 0.05) is 5.38 Å². The normalized spacial score (nSPS) is 27.1. The molecule has 5 heteroatoms. The van der Waals surface area contributed by atoms with Crippen molar-refractivity contribution < 1.29 is 13.2 Å². The molecule has 3 atom stereocenters. The molecule has 1 aromatic rings. The molecule has 2 rings (SSSR count). The molecule has 0 amide bonds. The molecule has 3 unspecified atom stereocenters. The number of hydrogen-bond acceptors (Lipinski definition) is 1. The second-order valence-electron chi connectivity index (χ2n) is 5.02. The number of halogens is 4. The fourth-order valence-corrected chi connectivity index (χ4v) is 3.74. The van der Waals surface area contributed by atoms with Crippen molar-refractivity contribution in [3.8, 4) is 0 Å². The molecule has 102 valence electrons. The number of hydrogen-bond donors (Lipinski definition) is 0. The van der Waals surface area contributed by atoms with Gasteiger partial charge in [0.1, 0.15) is 0 Å². The van der Waals surface area contributed by atoms with Gasteiger partial charge >= 0.3 is 6.18 Å². The van der Waals surface area contributed by atoms with E-state index in [1.165, 1.54) is 0 Å². The van der Waals surface area contributed by atoms with Crippen molar-refractivity contribution in [2.45, 2.75) is 43.7 Å². The van der Waals surface area contributed by atoms with Crippen molar-refractivity contribution in [2.75, 3.05) is 0 Å². The standard InChI is InChI=1S/C13H16ClF3S/c14-12(6-9-4-5-18-8-9)10-2-1-3-11(7-10)13(15,16)17/h4-5,8,10-12H,1-3,6-7H2. The van der Waals surface area contributed by atoms with Gasteiger partial charge < -0.3 is 0 Å². The van der Waals surface area contributed by atoms with Crippen molar-refractivity contribution in [1.82, 2.24) is 0 Å². The van der Waals surface area contributed by atoms with Gasteiger partial charge in [-0.05, 0) is 54.0 Å². The quantitative estimate of drug-likeness (QED) is 0.667. The first kappa shape index (κ1) is 14.2. The van der Waals surface area contributed by atoms with E-state index in [1.54, 1.807) is 11.3 Å². The molecule has 0 saturated heterocycles. The molecule has 1 heterocycles. The third kappa shape index (κ3) is 3.64. The monoisotopic (exact) mass is 296 g/mol. The van der Waals surface area contributed by atoms with Crippen molar-refractivity contribution in [1.29, 1.82) is 0 Å². The predicted octanol–water partition coefficient (Wildman–Crippen LogP) is 5.27. The van der Waals surface area contributed by atoms with Gasteiger partial charge in [-0.2, -0.15) is 24.5 Å². The van der Waals surface area contributed by atoms with E-state index in [4.69, 9.17) is 11.6 Å². The molecule has 0 bridgehead atoms. The molecule has 0 spiro atoms. The van der Waals surface area contributed by atoms with E-state index in [1.807, 2.05) is 16.8 Å². The van der Waals surface area contributed by atoms with Gasteiger partial charge in [0.2, 0.25) is 0 Å². The molecule has 1 fully saturated rings. The summed E-state index contributed by atoms with van der Waals surface area (Å²) in [5.74, 6) is -1.16. The van der Waals surface area contributed by atoms with Gasteiger partial charge in [-0.1, -0.05) is 6.42 Å². The maximum absolute atomic E-state index is 12.7. The van der Waals surface area contributed by atoms with Crippen LogP contribution in [0.3, 0.4) is 0 Å². The highest BCUT2D eigenvalue weighted by atomic mass is 35.5. The maximum Gasteiger partial charge on any atom is 0.391 e. The minimum atomic E-state index is -4.06. The molecule has 0 N–H and O–H groups in total. The summed E-state index contributed by atoms with van der Waals surface area (Å²) in [4.78, 5) is 0. The molecule has 0 aliphatic heterocycles. The zero-order valence-electron chi connectivity index (χ0n) is 9.92. The lowest BCUT2D eigenvalue weighted by atomic mass is 9.78. The Bertz CT molecular complexity index is 361. The first-order chi connectivity index (χ1) is 8.47. The minimum Gasteiger partial charge on any atom is -0.171 e. The second kappa shape index (κ2) is 5.83. The van der Waals surface area contributed by atoms with Gasteiger partial charge in [0.05, 0.1) is 5.92 Å². The van der Waals surface area contributed by atoms with Gasteiger partial charge in [-0.3, -0.25) is 0 Å². The van der Waals surface area contributed by atoms with Crippen LogP contribution in [0.2, 0.25) is 0 Å². The highest BCUT2D eigenvalue weighted by Gasteiger charge is 2.43. The number of rotatable bonds is 3. The SMILES string of the molecule is FC(F)(F)C1CCCC(C(Cl)Cc2ccsc2)C1.